The van der Waals surface area contributed by atoms with Gasteiger partial charge in [0.1, 0.15) is 11.5 Å². The number of rotatable bonds is 8. The molecule has 2 amide bonds. The first kappa shape index (κ1) is 18.8. The molecule has 0 spiro atoms. The van der Waals surface area contributed by atoms with Crippen molar-refractivity contribution < 1.29 is 19.1 Å². The molecule has 0 radical (unpaired) electrons. The highest BCUT2D eigenvalue weighted by Gasteiger charge is 2.20. The second-order valence-corrected chi connectivity index (χ2v) is 5.52. The van der Waals surface area contributed by atoms with Gasteiger partial charge in [-0.15, -0.1) is 0 Å². The van der Waals surface area contributed by atoms with Crippen LogP contribution in [-0.2, 0) is 12.8 Å². The largest absolute Gasteiger partial charge is 0.410 e. The highest BCUT2D eigenvalue weighted by Crippen LogP contribution is 2.37. The van der Waals surface area contributed by atoms with Crippen LogP contribution >= 0.6 is 0 Å². The molecule has 1 aromatic carbocycles. The van der Waals surface area contributed by atoms with Gasteiger partial charge >= 0.3 is 12.2 Å². The van der Waals surface area contributed by atoms with Crippen molar-refractivity contribution >= 4 is 12.2 Å². The Morgan fingerprint density at radius 2 is 1.57 bits per heavy atom. The van der Waals surface area contributed by atoms with E-state index in [1.807, 2.05) is 19.9 Å². The highest BCUT2D eigenvalue weighted by molar-refractivity contribution is 5.73. The molecule has 0 aliphatic rings. The third kappa shape index (κ3) is 5.47. The minimum absolute atomic E-state index is 0.346. The highest BCUT2D eigenvalue weighted by atomic mass is 16.6. The molecular weight excluding hydrogens is 296 g/mol. The predicted octanol–water partition coefficient (Wildman–Crippen LogP) is 3.60. The molecule has 0 unspecified atom stereocenters. The van der Waals surface area contributed by atoms with Crippen LogP contribution < -0.4 is 20.9 Å². The molecule has 0 aromatic heterocycles. The Kier molecular flexibility index (Phi) is 7.38. The van der Waals surface area contributed by atoms with Gasteiger partial charge in [0.15, 0.2) is 0 Å². The van der Waals surface area contributed by atoms with Crippen molar-refractivity contribution in [3.63, 3.8) is 0 Å². The number of nitrogens with two attached hydrogens (primary N) is 2. The average molecular weight is 322 g/mol. The first-order valence-corrected chi connectivity index (χ1v) is 8.00. The van der Waals surface area contributed by atoms with Gasteiger partial charge in [-0.3, -0.25) is 0 Å². The lowest BCUT2D eigenvalue weighted by atomic mass is 9.95. The van der Waals surface area contributed by atoms with Gasteiger partial charge in [-0.1, -0.05) is 26.7 Å². The summed E-state index contributed by atoms with van der Waals surface area (Å²) in [5.74, 6) is 0.731. The average Bonchev–Trinajstić information content (AvgIpc) is 2.47. The van der Waals surface area contributed by atoms with E-state index in [0.29, 0.717) is 23.5 Å². The molecule has 128 valence electrons. The number of hydrogen-bond donors (Lipinski definition) is 2. The summed E-state index contributed by atoms with van der Waals surface area (Å²) in [6.45, 7) is 6.02. The molecule has 0 saturated heterocycles. The molecule has 0 bridgehead atoms. The van der Waals surface area contributed by atoms with Crippen molar-refractivity contribution in [3.05, 3.63) is 22.8 Å². The number of amides is 2. The quantitative estimate of drug-likeness (QED) is 0.763. The van der Waals surface area contributed by atoms with Gasteiger partial charge < -0.3 is 20.9 Å². The summed E-state index contributed by atoms with van der Waals surface area (Å²) in [5, 5.41) is 0. The van der Waals surface area contributed by atoms with Crippen LogP contribution in [0.2, 0.25) is 0 Å². The molecule has 0 aliphatic heterocycles. The van der Waals surface area contributed by atoms with E-state index < -0.39 is 12.2 Å². The summed E-state index contributed by atoms with van der Waals surface area (Å²) in [6, 6.07) is 1.81. The molecule has 6 heteroatoms. The number of hydrogen-bond acceptors (Lipinski definition) is 4. The summed E-state index contributed by atoms with van der Waals surface area (Å²) >= 11 is 0. The molecule has 0 saturated carbocycles. The van der Waals surface area contributed by atoms with Gasteiger partial charge in [-0.05, 0) is 49.8 Å². The normalized spacial score (nSPS) is 10.4. The molecule has 1 rings (SSSR count). The van der Waals surface area contributed by atoms with Crippen LogP contribution in [0, 0.1) is 6.92 Å². The number of unbranched alkanes of at least 4 members (excludes halogenated alkanes) is 2. The zero-order chi connectivity index (χ0) is 17.4. The van der Waals surface area contributed by atoms with Crippen molar-refractivity contribution in [3.8, 4) is 11.5 Å². The van der Waals surface area contributed by atoms with E-state index in [2.05, 4.69) is 6.92 Å². The van der Waals surface area contributed by atoms with E-state index >= 15 is 0 Å². The van der Waals surface area contributed by atoms with Crippen LogP contribution in [0.15, 0.2) is 6.07 Å². The summed E-state index contributed by atoms with van der Waals surface area (Å²) in [6.07, 6.45) is 3.43. The third-order valence-corrected chi connectivity index (χ3v) is 3.69. The minimum Gasteiger partial charge on any atom is -0.410 e. The molecular formula is C17H26N2O4. The van der Waals surface area contributed by atoms with Crippen LogP contribution in [0.5, 0.6) is 11.5 Å². The lowest BCUT2D eigenvalue weighted by Crippen LogP contribution is -2.21. The Morgan fingerprint density at radius 3 is 2.09 bits per heavy atom. The fourth-order valence-corrected chi connectivity index (χ4v) is 2.49. The number of aryl methyl sites for hydroxylation is 1. The van der Waals surface area contributed by atoms with Crippen molar-refractivity contribution in [1.29, 1.82) is 0 Å². The van der Waals surface area contributed by atoms with Crippen LogP contribution in [0.25, 0.3) is 0 Å². The number of carbonyl (C=O) groups excluding carboxylic acids is 2. The SMILES string of the molecule is CCCCc1cc(OC(N)=O)c(CCCC)c(OC(N)=O)c1C. The number of primary amides is 2. The Bertz CT molecular complexity index is 570. The van der Waals surface area contributed by atoms with E-state index in [0.717, 1.165) is 43.2 Å². The lowest BCUT2D eigenvalue weighted by molar-refractivity contribution is 0.208. The van der Waals surface area contributed by atoms with Crippen molar-refractivity contribution in [2.45, 2.75) is 59.3 Å². The maximum atomic E-state index is 11.3. The standard InChI is InChI=1S/C17H26N2O4/c1-4-6-8-12-10-14(22-16(18)20)13(9-7-5-2)15(11(12)3)23-17(19)21/h10H,4-9H2,1-3H3,(H2,18,20)(H2,19,21). The van der Waals surface area contributed by atoms with E-state index in [-0.39, 0.29) is 0 Å². The molecule has 0 fully saturated rings. The maximum Gasteiger partial charge on any atom is 0.409 e. The second-order valence-electron chi connectivity index (χ2n) is 5.52. The number of carbonyl (C=O) groups is 2. The van der Waals surface area contributed by atoms with E-state index in [9.17, 15) is 9.59 Å². The zero-order valence-electron chi connectivity index (χ0n) is 14.1. The Balaban J connectivity index is 3.42. The number of ether oxygens (including phenoxy) is 2. The Morgan fingerprint density at radius 1 is 1.00 bits per heavy atom. The Hall–Kier alpha value is -2.24. The molecule has 4 N–H and O–H groups in total. The van der Waals surface area contributed by atoms with Gasteiger partial charge in [-0.2, -0.15) is 0 Å². The van der Waals surface area contributed by atoms with Crippen LogP contribution in [-0.4, -0.2) is 12.2 Å². The van der Waals surface area contributed by atoms with Crippen molar-refractivity contribution in [2.24, 2.45) is 11.5 Å². The Labute approximate surface area is 137 Å². The molecule has 1 aromatic rings. The summed E-state index contributed by atoms with van der Waals surface area (Å²) in [5.41, 5.74) is 12.8. The van der Waals surface area contributed by atoms with E-state index in [4.69, 9.17) is 20.9 Å². The second kappa shape index (κ2) is 9.02. The third-order valence-electron chi connectivity index (χ3n) is 3.69. The molecule has 6 nitrogen and oxygen atoms in total. The predicted molar refractivity (Wildman–Crippen MR) is 88.8 cm³/mol. The van der Waals surface area contributed by atoms with Gasteiger partial charge in [-0.25, -0.2) is 9.59 Å². The fraction of sp³-hybridized carbons (Fsp3) is 0.529. The van der Waals surface area contributed by atoms with Crippen molar-refractivity contribution in [2.75, 3.05) is 0 Å². The van der Waals surface area contributed by atoms with Gasteiger partial charge in [0.25, 0.3) is 0 Å². The van der Waals surface area contributed by atoms with Gasteiger partial charge in [0, 0.05) is 5.56 Å². The molecule has 0 atom stereocenters. The summed E-state index contributed by atoms with van der Waals surface area (Å²) in [4.78, 5) is 22.5. The van der Waals surface area contributed by atoms with Crippen LogP contribution in [0.1, 0.15) is 56.2 Å². The molecule has 0 aliphatic carbocycles. The smallest absolute Gasteiger partial charge is 0.409 e. The zero-order valence-corrected chi connectivity index (χ0v) is 14.1. The van der Waals surface area contributed by atoms with Crippen LogP contribution in [0.3, 0.4) is 0 Å². The van der Waals surface area contributed by atoms with Gasteiger partial charge in [0.2, 0.25) is 0 Å². The van der Waals surface area contributed by atoms with E-state index in [1.165, 1.54) is 0 Å². The molecule has 0 heterocycles. The van der Waals surface area contributed by atoms with Crippen LogP contribution in [0.4, 0.5) is 9.59 Å². The van der Waals surface area contributed by atoms with Gasteiger partial charge in [0.05, 0.1) is 0 Å². The lowest BCUT2D eigenvalue weighted by Gasteiger charge is -2.19. The number of benzene rings is 1. The minimum atomic E-state index is -0.891. The first-order valence-electron chi connectivity index (χ1n) is 8.00. The maximum absolute atomic E-state index is 11.3. The van der Waals surface area contributed by atoms with Crippen molar-refractivity contribution in [1.82, 2.24) is 0 Å². The topological polar surface area (TPSA) is 105 Å². The molecule has 23 heavy (non-hydrogen) atoms. The van der Waals surface area contributed by atoms with E-state index in [1.54, 1.807) is 0 Å². The fourth-order valence-electron chi connectivity index (χ4n) is 2.49. The summed E-state index contributed by atoms with van der Waals surface area (Å²) < 4.78 is 10.4. The summed E-state index contributed by atoms with van der Waals surface area (Å²) in [7, 11) is 0. The monoisotopic (exact) mass is 322 g/mol. The first-order chi connectivity index (χ1) is 10.9.